The Bertz CT molecular complexity index is 951. The second kappa shape index (κ2) is 10.7. The van der Waals surface area contributed by atoms with Crippen molar-refractivity contribution in [1.29, 1.82) is 5.26 Å². The van der Waals surface area contributed by atoms with Crippen LogP contribution < -0.4 is 14.8 Å². The Labute approximate surface area is 182 Å². The van der Waals surface area contributed by atoms with Gasteiger partial charge in [0.2, 0.25) is 5.91 Å². The van der Waals surface area contributed by atoms with Gasteiger partial charge in [-0.05, 0) is 35.4 Å². The largest absolute Gasteiger partial charge is 0.493 e. The quantitative estimate of drug-likeness (QED) is 0.566. The fourth-order valence-corrected chi connectivity index (χ4v) is 4.46. The molecule has 5 nitrogen and oxygen atoms in total. The van der Waals surface area contributed by atoms with E-state index in [2.05, 4.69) is 18.3 Å². The second-order valence-corrected chi connectivity index (χ2v) is 8.15. The molecule has 30 heavy (non-hydrogen) atoms. The van der Waals surface area contributed by atoms with Crippen LogP contribution in [0.15, 0.2) is 59.1 Å². The first kappa shape index (κ1) is 21.8. The number of carbonyl (C=O) groups is 1. The van der Waals surface area contributed by atoms with Gasteiger partial charge in [0, 0.05) is 12.3 Å². The van der Waals surface area contributed by atoms with Gasteiger partial charge in [0.15, 0.2) is 11.5 Å². The van der Waals surface area contributed by atoms with Crippen LogP contribution in [0, 0.1) is 11.3 Å². The Morgan fingerprint density at radius 2 is 2.00 bits per heavy atom. The summed E-state index contributed by atoms with van der Waals surface area (Å²) in [5.41, 5.74) is 2.55. The molecule has 1 heterocycles. The molecule has 0 saturated carbocycles. The molecule has 1 unspecified atom stereocenters. The van der Waals surface area contributed by atoms with E-state index in [4.69, 9.17) is 9.47 Å². The summed E-state index contributed by atoms with van der Waals surface area (Å²) in [7, 11) is 1.59. The second-order valence-electron chi connectivity index (χ2n) is 7.05. The molecular weight excluding hydrogens is 396 g/mol. The number of hydrogen-bond donors (Lipinski definition) is 1. The Morgan fingerprint density at radius 1 is 1.20 bits per heavy atom. The molecule has 6 heteroatoms. The van der Waals surface area contributed by atoms with E-state index in [1.165, 1.54) is 0 Å². The number of methoxy groups -OCH3 is 1. The fraction of sp³-hybridized carbons (Fsp3) is 0.333. The van der Waals surface area contributed by atoms with Crippen LogP contribution in [-0.4, -0.2) is 18.8 Å². The third kappa shape index (κ3) is 5.37. The first-order valence-electron chi connectivity index (χ1n) is 10.1. The van der Waals surface area contributed by atoms with Crippen LogP contribution in [0.25, 0.3) is 0 Å². The lowest BCUT2D eigenvalue weighted by Crippen LogP contribution is -2.31. The summed E-state index contributed by atoms with van der Waals surface area (Å²) in [5, 5.41) is 13.4. The molecule has 2 aromatic carbocycles. The lowest BCUT2D eigenvalue weighted by Gasteiger charge is -2.25. The van der Waals surface area contributed by atoms with Crippen LogP contribution in [-0.2, 0) is 11.4 Å². The molecule has 0 aromatic heterocycles. The van der Waals surface area contributed by atoms with Crippen molar-refractivity contribution in [3.8, 4) is 17.6 Å². The molecule has 1 aliphatic heterocycles. The monoisotopic (exact) mass is 422 g/mol. The number of carbonyl (C=O) groups excluding carboxylic acids is 1. The van der Waals surface area contributed by atoms with Crippen molar-refractivity contribution < 1.29 is 14.3 Å². The van der Waals surface area contributed by atoms with E-state index in [0.717, 1.165) is 29.7 Å². The number of allylic oxidation sites excluding steroid dienone is 1. The van der Waals surface area contributed by atoms with Gasteiger partial charge in [-0.2, -0.15) is 5.26 Å². The summed E-state index contributed by atoms with van der Waals surface area (Å²) in [6.45, 7) is 2.56. The van der Waals surface area contributed by atoms with Crippen molar-refractivity contribution in [3.05, 3.63) is 70.3 Å². The maximum Gasteiger partial charge on any atom is 0.225 e. The molecule has 0 aliphatic carbocycles. The van der Waals surface area contributed by atoms with E-state index in [-0.39, 0.29) is 18.2 Å². The molecule has 0 fully saturated rings. The van der Waals surface area contributed by atoms with E-state index in [1.54, 1.807) is 18.9 Å². The standard InChI is InChI=1S/C24H26N2O3S/c1-3-4-12-30-24-20(15-25)19(14-23(27)26-24)18-10-11-21(22(13-18)28-2)29-16-17-8-6-5-7-9-17/h5-11,13,19H,3-4,12,14,16H2,1-2H3,(H,26,27). The normalized spacial score (nSPS) is 16.0. The zero-order valence-corrected chi connectivity index (χ0v) is 18.1. The van der Waals surface area contributed by atoms with Crippen LogP contribution >= 0.6 is 11.8 Å². The van der Waals surface area contributed by atoms with Crippen molar-refractivity contribution in [2.24, 2.45) is 0 Å². The topological polar surface area (TPSA) is 71.3 Å². The summed E-state index contributed by atoms with van der Waals surface area (Å²) in [6.07, 6.45) is 2.35. The minimum atomic E-state index is -0.287. The molecule has 0 bridgehead atoms. The van der Waals surface area contributed by atoms with Crippen LogP contribution in [0.4, 0.5) is 0 Å². The lowest BCUT2D eigenvalue weighted by molar-refractivity contribution is -0.120. The molecule has 1 atom stereocenters. The number of amides is 1. The Balaban J connectivity index is 1.83. The van der Waals surface area contributed by atoms with Gasteiger partial charge in [0.05, 0.1) is 23.8 Å². The van der Waals surface area contributed by atoms with Crippen molar-refractivity contribution in [2.75, 3.05) is 12.9 Å². The van der Waals surface area contributed by atoms with Crippen molar-refractivity contribution >= 4 is 17.7 Å². The number of ether oxygens (including phenoxy) is 2. The molecular formula is C24H26N2O3S. The molecule has 156 valence electrons. The first-order valence-corrected chi connectivity index (χ1v) is 11.1. The van der Waals surface area contributed by atoms with Crippen LogP contribution in [0.1, 0.15) is 43.2 Å². The van der Waals surface area contributed by atoms with Gasteiger partial charge in [-0.15, -0.1) is 11.8 Å². The minimum absolute atomic E-state index is 0.0682. The predicted octanol–water partition coefficient (Wildman–Crippen LogP) is 5.15. The molecule has 0 spiro atoms. The lowest BCUT2D eigenvalue weighted by atomic mass is 9.87. The number of nitrogens with zero attached hydrogens (tertiary/aromatic N) is 1. The molecule has 3 rings (SSSR count). The fourth-order valence-electron chi connectivity index (χ4n) is 3.29. The van der Waals surface area contributed by atoms with Crippen LogP contribution in [0.2, 0.25) is 0 Å². The van der Waals surface area contributed by atoms with Gasteiger partial charge >= 0.3 is 0 Å². The highest BCUT2D eigenvalue weighted by molar-refractivity contribution is 8.03. The SMILES string of the molecule is CCCCSC1=C(C#N)C(c2ccc(OCc3ccccc3)c(OC)c2)CC(=O)N1. The third-order valence-corrected chi connectivity index (χ3v) is 6.03. The predicted molar refractivity (Wildman–Crippen MR) is 119 cm³/mol. The van der Waals surface area contributed by atoms with Crippen LogP contribution in [0.3, 0.4) is 0 Å². The summed E-state index contributed by atoms with van der Waals surface area (Å²) in [6, 6.07) is 17.9. The number of hydrogen-bond acceptors (Lipinski definition) is 5. The Kier molecular flexibility index (Phi) is 7.81. The molecule has 1 amide bonds. The zero-order valence-electron chi connectivity index (χ0n) is 17.3. The third-order valence-electron chi connectivity index (χ3n) is 4.93. The number of thioether (sulfide) groups is 1. The Hall–Kier alpha value is -2.91. The maximum atomic E-state index is 12.3. The first-order chi connectivity index (χ1) is 14.7. The molecule has 1 N–H and O–H groups in total. The van der Waals surface area contributed by atoms with E-state index in [9.17, 15) is 10.1 Å². The molecule has 0 radical (unpaired) electrons. The summed E-state index contributed by atoms with van der Waals surface area (Å²) in [4.78, 5) is 12.3. The van der Waals surface area contributed by atoms with E-state index in [1.807, 2.05) is 48.5 Å². The molecule has 0 saturated heterocycles. The average molecular weight is 423 g/mol. The molecule has 2 aromatic rings. The number of benzene rings is 2. The van der Waals surface area contributed by atoms with E-state index in [0.29, 0.717) is 28.7 Å². The smallest absolute Gasteiger partial charge is 0.225 e. The van der Waals surface area contributed by atoms with Crippen molar-refractivity contribution in [1.82, 2.24) is 5.32 Å². The Morgan fingerprint density at radius 3 is 2.70 bits per heavy atom. The van der Waals surface area contributed by atoms with Gasteiger partial charge in [0.1, 0.15) is 6.61 Å². The molecule has 1 aliphatic rings. The van der Waals surface area contributed by atoms with Gasteiger partial charge in [-0.25, -0.2) is 0 Å². The zero-order chi connectivity index (χ0) is 21.3. The van der Waals surface area contributed by atoms with E-state index < -0.39 is 0 Å². The summed E-state index contributed by atoms with van der Waals surface area (Å²) < 4.78 is 11.5. The number of nitriles is 1. The minimum Gasteiger partial charge on any atom is -0.493 e. The van der Waals surface area contributed by atoms with Gasteiger partial charge < -0.3 is 14.8 Å². The number of unbranched alkanes of at least 4 members (excludes halogenated alkanes) is 1. The summed E-state index contributed by atoms with van der Waals surface area (Å²) >= 11 is 1.54. The van der Waals surface area contributed by atoms with E-state index >= 15 is 0 Å². The highest BCUT2D eigenvalue weighted by Gasteiger charge is 2.30. The highest BCUT2D eigenvalue weighted by Crippen LogP contribution is 2.39. The van der Waals surface area contributed by atoms with Crippen molar-refractivity contribution in [3.63, 3.8) is 0 Å². The van der Waals surface area contributed by atoms with Gasteiger partial charge in [-0.1, -0.05) is 49.7 Å². The number of nitrogens with one attached hydrogen (secondary N) is 1. The van der Waals surface area contributed by atoms with Gasteiger partial charge in [0.25, 0.3) is 0 Å². The number of rotatable bonds is 9. The maximum absolute atomic E-state index is 12.3. The van der Waals surface area contributed by atoms with Crippen molar-refractivity contribution in [2.45, 2.75) is 38.7 Å². The average Bonchev–Trinajstić information content (AvgIpc) is 2.78. The highest BCUT2D eigenvalue weighted by atomic mass is 32.2. The van der Waals surface area contributed by atoms with Gasteiger partial charge in [-0.3, -0.25) is 4.79 Å². The summed E-state index contributed by atoms with van der Waals surface area (Å²) in [5.74, 6) is 1.74. The van der Waals surface area contributed by atoms with Crippen LogP contribution in [0.5, 0.6) is 11.5 Å².